The van der Waals surface area contributed by atoms with E-state index in [1.807, 2.05) is 0 Å². The Morgan fingerprint density at radius 3 is 2.81 bits per heavy atom. The second-order valence-electron chi connectivity index (χ2n) is 3.90. The van der Waals surface area contributed by atoms with Crippen LogP contribution in [0.15, 0.2) is 29.1 Å². The highest BCUT2D eigenvalue weighted by molar-refractivity contribution is 7.11. The van der Waals surface area contributed by atoms with E-state index in [2.05, 4.69) is 0 Å². The molecule has 0 bridgehead atoms. The van der Waals surface area contributed by atoms with Crippen molar-refractivity contribution in [3.8, 4) is 17.3 Å². The highest BCUT2D eigenvalue weighted by Crippen LogP contribution is 2.28. The van der Waals surface area contributed by atoms with Crippen LogP contribution in [0.4, 0.5) is 5.69 Å². The maximum atomic E-state index is 11.8. The number of benzene rings is 1. The van der Waals surface area contributed by atoms with Crippen molar-refractivity contribution < 1.29 is 14.8 Å². The van der Waals surface area contributed by atoms with Gasteiger partial charge in [-0.15, -0.1) is 0 Å². The topological polar surface area (TPSA) is 126 Å². The van der Waals surface area contributed by atoms with Crippen LogP contribution in [0.1, 0.15) is 9.67 Å². The Morgan fingerprint density at radius 2 is 2.24 bits per heavy atom. The van der Waals surface area contributed by atoms with Crippen LogP contribution in [0.5, 0.6) is 0 Å². The lowest BCUT2D eigenvalue weighted by Gasteiger charge is -2.05. The second-order valence-corrected chi connectivity index (χ2v) is 4.86. The van der Waals surface area contributed by atoms with Crippen molar-refractivity contribution >= 4 is 23.0 Å². The molecule has 8 nitrogen and oxygen atoms in total. The molecule has 1 N–H and O–H groups in total. The molecule has 0 unspecified atom stereocenters. The van der Waals surface area contributed by atoms with Gasteiger partial charge in [0.15, 0.2) is 0 Å². The van der Waals surface area contributed by atoms with Crippen molar-refractivity contribution in [1.29, 1.82) is 5.26 Å². The van der Waals surface area contributed by atoms with Crippen LogP contribution >= 0.6 is 11.3 Å². The monoisotopic (exact) mass is 305 g/mol. The lowest BCUT2D eigenvalue weighted by molar-refractivity contribution is -0.384. The molecule has 0 saturated carbocycles. The molecular formula is C12H7N3O5S. The van der Waals surface area contributed by atoms with E-state index >= 15 is 0 Å². The fraction of sp³-hybridized carbons (Fsp3) is 0.0833. The summed E-state index contributed by atoms with van der Waals surface area (Å²) in [7, 11) is 0. The zero-order chi connectivity index (χ0) is 15.6. The number of hydrogen-bond acceptors (Lipinski definition) is 6. The molecule has 0 radical (unpaired) electrons. The standard InChI is InChI=1S/C12H7N3O5S/c13-4-5-14-9(10(11(16)17)21-12(14)18)7-2-1-3-8(6-7)15(19)20/h1-3,6H,5H2,(H,16,17). The molecule has 1 aromatic carbocycles. The number of aromatic nitrogens is 1. The number of non-ortho nitro benzene ring substituents is 1. The largest absolute Gasteiger partial charge is 0.477 e. The van der Waals surface area contributed by atoms with Crippen LogP contribution in [-0.4, -0.2) is 20.6 Å². The lowest BCUT2D eigenvalue weighted by Crippen LogP contribution is -2.13. The first-order chi connectivity index (χ1) is 9.95. The Labute approximate surface area is 121 Å². The predicted octanol–water partition coefficient (Wildman–Crippen LogP) is 1.71. The van der Waals surface area contributed by atoms with Crippen LogP contribution < -0.4 is 4.87 Å². The average Bonchev–Trinajstić information content (AvgIpc) is 2.77. The first-order valence-electron chi connectivity index (χ1n) is 5.54. The number of hydrogen-bond donors (Lipinski definition) is 1. The molecule has 0 spiro atoms. The number of nitriles is 1. The third kappa shape index (κ3) is 2.65. The summed E-state index contributed by atoms with van der Waals surface area (Å²) < 4.78 is 0.993. The van der Waals surface area contributed by atoms with E-state index in [0.29, 0.717) is 11.3 Å². The highest BCUT2D eigenvalue weighted by Gasteiger charge is 2.22. The molecule has 0 aliphatic carbocycles. The van der Waals surface area contributed by atoms with E-state index in [-0.39, 0.29) is 28.4 Å². The second kappa shape index (κ2) is 5.56. The summed E-state index contributed by atoms with van der Waals surface area (Å²) in [6, 6.07) is 7.03. The van der Waals surface area contributed by atoms with Crippen LogP contribution in [0, 0.1) is 21.4 Å². The summed E-state index contributed by atoms with van der Waals surface area (Å²) in [6.45, 7) is -0.333. The molecule has 1 heterocycles. The molecule has 2 rings (SSSR count). The summed E-state index contributed by atoms with van der Waals surface area (Å²) in [6.07, 6.45) is 0. The number of aromatic carboxylic acids is 1. The van der Waals surface area contributed by atoms with Gasteiger partial charge in [-0.3, -0.25) is 19.5 Å². The van der Waals surface area contributed by atoms with E-state index in [4.69, 9.17) is 10.4 Å². The fourth-order valence-corrected chi connectivity index (χ4v) is 2.67. The Hall–Kier alpha value is -2.99. The predicted molar refractivity (Wildman–Crippen MR) is 73.2 cm³/mol. The van der Waals surface area contributed by atoms with E-state index in [1.165, 1.54) is 24.3 Å². The molecule has 0 amide bonds. The van der Waals surface area contributed by atoms with E-state index in [9.17, 15) is 19.7 Å². The molecule has 1 aromatic heterocycles. The Balaban J connectivity index is 2.75. The molecule has 2 aromatic rings. The van der Waals surface area contributed by atoms with Crippen LogP contribution in [0.25, 0.3) is 11.3 Å². The first kappa shape index (κ1) is 14.4. The summed E-state index contributed by atoms with van der Waals surface area (Å²) in [5, 5.41) is 28.7. The maximum Gasteiger partial charge on any atom is 0.348 e. The fourth-order valence-electron chi connectivity index (χ4n) is 1.82. The number of rotatable bonds is 4. The van der Waals surface area contributed by atoms with Gasteiger partial charge in [-0.25, -0.2) is 4.79 Å². The van der Waals surface area contributed by atoms with Crippen molar-refractivity contribution in [3.63, 3.8) is 0 Å². The Bertz CT molecular complexity index is 830. The molecule has 21 heavy (non-hydrogen) atoms. The molecule has 0 aliphatic rings. The SMILES string of the molecule is N#CCn1c(-c2cccc([N+](=O)[O-])c2)c(C(=O)O)sc1=O. The van der Waals surface area contributed by atoms with E-state index in [1.54, 1.807) is 6.07 Å². The average molecular weight is 305 g/mol. The highest BCUT2D eigenvalue weighted by atomic mass is 32.1. The van der Waals surface area contributed by atoms with Crippen LogP contribution in [-0.2, 0) is 6.54 Å². The minimum Gasteiger partial charge on any atom is -0.477 e. The molecule has 9 heteroatoms. The molecule has 0 aliphatic heterocycles. The normalized spacial score (nSPS) is 10.0. The van der Waals surface area contributed by atoms with Crippen molar-refractivity contribution in [1.82, 2.24) is 4.57 Å². The van der Waals surface area contributed by atoms with Gasteiger partial charge in [0.2, 0.25) is 0 Å². The van der Waals surface area contributed by atoms with Gasteiger partial charge in [-0.1, -0.05) is 23.5 Å². The van der Waals surface area contributed by atoms with Gasteiger partial charge in [0.05, 0.1) is 16.7 Å². The Kier molecular flexibility index (Phi) is 3.82. The molecule has 0 atom stereocenters. The van der Waals surface area contributed by atoms with Gasteiger partial charge in [-0.05, 0) is 0 Å². The first-order valence-corrected chi connectivity index (χ1v) is 6.36. The number of carbonyl (C=O) groups is 1. The number of thiazole rings is 1. The zero-order valence-electron chi connectivity index (χ0n) is 10.3. The van der Waals surface area contributed by atoms with Gasteiger partial charge in [-0.2, -0.15) is 5.26 Å². The van der Waals surface area contributed by atoms with Gasteiger partial charge < -0.3 is 5.11 Å². The maximum absolute atomic E-state index is 11.8. The molecule has 0 fully saturated rings. The lowest BCUT2D eigenvalue weighted by atomic mass is 10.1. The van der Waals surface area contributed by atoms with Gasteiger partial charge in [0, 0.05) is 17.7 Å². The van der Waals surface area contributed by atoms with Gasteiger partial charge in [0.25, 0.3) is 5.69 Å². The number of carboxylic acids is 1. The van der Waals surface area contributed by atoms with E-state index in [0.717, 1.165) is 4.57 Å². The van der Waals surface area contributed by atoms with Crippen molar-refractivity contribution in [2.45, 2.75) is 6.54 Å². The molecule has 0 saturated heterocycles. The zero-order valence-corrected chi connectivity index (χ0v) is 11.2. The van der Waals surface area contributed by atoms with Gasteiger partial charge >= 0.3 is 10.8 Å². The van der Waals surface area contributed by atoms with Crippen molar-refractivity contribution in [2.24, 2.45) is 0 Å². The molecular weight excluding hydrogens is 298 g/mol. The number of carboxylic acid groups (broad SMARTS) is 1. The van der Waals surface area contributed by atoms with Gasteiger partial charge in [0.1, 0.15) is 11.4 Å². The van der Waals surface area contributed by atoms with Crippen LogP contribution in [0.2, 0.25) is 0 Å². The number of nitrogens with zero attached hydrogens (tertiary/aromatic N) is 3. The quantitative estimate of drug-likeness (QED) is 0.676. The van der Waals surface area contributed by atoms with Crippen LogP contribution in [0.3, 0.4) is 0 Å². The number of nitro benzene ring substituents is 1. The van der Waals surface area contributed by atoms with E-state index < -0.39 is 15.8 Å². The minimum atomic E-state index is -1.32. The third-order valence-electron chi connectivity index (χ3n) is 2.65. The third-order valence-corrected chi connectivity index (χ3v) is 3.62. The molecule has 106 valence electrons. The smallest absolute Gasteiger partial charge is 0.348 e. The minimum absolute atomic E-state index is 0.00255. The van der Waals surface area contributed by atoms with Crippen molar-refractivity contribution in [2.75, 3.05) is 0 Å². The van der Waals surface area contributed by atoms with Crippen molar-refractivity contribution in [3.05, 3.63) is 48.9 Å². The Morgan fingerprint density at radius 1 is 1.52 bits per heavy atom. The number of nitro groups is 1. The summed E-state index contributed by atoms with van der Waals surface area (Å²) in [4.78, 5) is 32.3. The summed E-state index contributed by atoms with van der Waals surface area (Å²) in [5.41, 5.74) is -0.0241. The summed E-state index contributed by atoms with van der Waals surface area (Å²) >= 11 is 0.485. The summed E-state index contributed by atoms with van der Waals surface area (Å²) in [5.74, 6) is -1.32.